The zero-order valence-corrected chi connectivity index (χ0v) is 10.8. The number of rotatable bonds is 3. The molecule has 0 aromatic rings. The van der Waals surface area contributed by atoms with Gasteiger partial charge in [0.25, 0.3) is 0 Å². The van der Waals surface area contributed by atoms with E-state index in [4.69, 9.17) is 0 Å². The Kier molecular flexibility index (Phi) is 4.96. The van der Waals surface area contributed by atoms with Crippen molar-refractivity contribution in [3.63, 3.8) is 0 Å². The van der Waals surface area contributed by atoms with Gasteiger partial charge in [0.05, 0.1) is 12.2 Å². The van der Waals surface area contributed by atoms with Crippen molar-refractivity contribution in [1.29, 1.82) is 0 Å². The number of alkyl halides is 2. The van der Waals surface area contributed by atoms with Crippen LogP contribution in [0.15, 0.2) is 0 Å². The van der Waals surface area contributed by atoms with Crippen molar-refractivity contribution >= 4 is 0 Å². The molecule has 4 heteroatoms. The van der Waals surface area contributed by atoms with Crippen molar-refractivity contribution in [2.24, 2.45) is 11.8 Å². The highest BCUT2D eigenvalue weighted by molar-refractivity contribution is 4.90. The molecule has 0 spiro atoms. The van der Waals surface area contributed by atoms with Crippen LogP contribution < -0.4 is 0 Å². The van der Waals surface area contributed by atoms with Gasteiger partial charge in [-0.05, 0) is 25.7 Å². The minimum atomic E-state index is -1.11. The third-order valence-corrected chi connectivity index (χ3v) is 4.69. The number of halogens is 2. The van der Waals surface area contributed by atoms with Crippen molar-refractivity contribution in [3.8, 4) is 0 Å². The van der Waals surface area contributed by atoms with E-state index in [0.717, 1.165) is 25.7 Å². The van der Waals surface area contributed by atoms with Crippen LogP contribution in [0, 0.1) is 11.8 Å². The molecule has 0 heterocycles. The average Bonchev–Trinajstić information content (AvgIpc) is 2.38. The highest BCUT2D eigenvalue weighted by atomic mass is 19.1. The molecular weight excluding hydrogens is 238 g/mol. The third-order valence-electron chi connectivity index (χ3n) is 4.69. The predicted molar refractivity (Wildman–Crippen MR) is 65.7 cm³/mol. The van der Waals surface area contributed by atoms with Gasteiger partial charge in [0.15, 0.2) is 0 Å². The summed E-state index contributed by atoms with van der Waals surface area (Å²) in [4.78, 5) is 0. The van der Waals surface area contributed by atoms with Gasteiger partial charge >= 0.3 is 0 Å². The molecule has 0 saturated heterocycles. The van der Waals surface area contributed by atoms with E-state index in [0.29, 0.717) is 25.7 Å². The van der Waals surface area contributed by atoms with E-state index in [1.54, 1.807) is 0 Å². The summed E-state index contributed by atoms with van der Waals surface area (Å²) in [6.07, 6.45) is 1.25. The van der Waals surface area contributed by atoms with Gasteiger partial charge < -0.3 is 10.2 Å². The second-order valence-corrected chi connectivity index (χ2v) is 5.91. The standard InChI is InChI=1S/C14H24F2O2/c15-11-7-3-1-5-9(11)13(17)14(18)10-6-2-4-8-12(10)16/h9-14,17-18H,1-8H2. The normalized spacial score (nSPS) is 41.3. The summed E-state index contributed by atoms with van der Waals surface area (Å²) in [6, 6.07) is 0. The predicted octanol–water partition coefficient (Wildman–Crippen LogP) is 2.76. The Morgan fingerprint density at radius 2 is 1.00 bits per heavy atom. The second-order valence-electron chi connectivity index (χ2n) is 5.91. The van der Waals surface area contributed by atoms with Crippen molar-refractivity contribution in [2.45, 2.75) is 75.9 Å². The van der Waals surface area contributed by atoms with Crippen LogP contribution in [0.3, 0.4) is 0 Å². The van der Waals surface area contributed by atoms with Crippen LogP contribution in [0.25, 0.3) is 0 Å². The Balaban J connectivity index is 1.96. The molecule has 6 unspecified atom stereocenters. The van der Waals surface area contributed by atoms with Crippen molar-refractivity contribution in [1.82, 2.24) is 0 Å². The Hall–Kier alpha value is -0.220. The van der Waals surface area contributed by atoms with Crippen molar-refractivity contribution in [3.05, 3.63) is 0 Å². The Labute approximate surface area is 107 Å². The number of hydrogen-bond donors (Lipinski definition) is 2. The molecular formula is C14H24F2O2. The zero-order valence-electron chi connectivity index (χ0n) is 10.8. The summed E-state index contributed by atoms with van der Waals surface area (Å²) in [6.45, 7) is 0. The Bertz CT molecular complexity index is 236. The van der Waals surface area contributed by atoms with Crippen LogP contribution in [-0.2, 0) is 0 Å². The first-order valence-corrected chi connectivity index (χ1v) is 7.25. The molecule has 2 nitrogen and oxygen atoms in total. The molecule has 2 rings (SSSR count). The highest BCUT2D eigenvalue weighted by Gasteiger charge is 2.41. The minimum absolute atomic E-state index is 0.457. The third kappa shape index (κ3) is 3.02. The largest absolute Gasteiger partial charge is 0.390 e. The summed E-state index contributed by atoms with van der Waals surface area (Å²) in [5, 5.41) is 20.3. The van der Waals surface area contributed by atoms with Crippen LogP contribution in [-0.4, -0.2) is 34.8 Å². The summed E-state index contributed by atoms with van der Waals surface area (Å²) >= 11 is 0. The molecule has 0 amide bonds. The fourth-order valence-electron chi connectivity index (χ4n) is 3.50. The fourth-order valence-corrected chi connectivity index (χ4v) is 3.50. The Morgan fingerprint density at radius 1 is 0.667 bits per heavy atom. The molecule has 0 aromatic heterocycles. The maximum atomic E-state index is 13.8. The molecule has 0 aromatic carbocycles. The van der Waals surface area contributed by atoms with E-state index in [1.807, 2.05) is 0 Å². The van der Waals surface area contributed by atoms with Crippen LogP contribution >= 0.6 is 0 Å². The summed E-state index contributed by atoms with van der Waals surface area (Å²) in [5.41, 5.74) is 0. The molecule has 0 radical (unpaired) electrons. The SMILES string of the molecule is OC(C(O)C1CCCCC1F)C1CCCCC1F. The second kappa shape index (κ2) is 6.29. The summed E-state index contributed by atoms with van der Waals surface area (Å²) < 4.78 is 27.5. The van der Waals surface area contributed by atoms with E-state index in [9.17, 15) is 19.0 Å². The van der Waals surface area contributed by atoms with Gasteiger partial charge in [0.1, 0.15) is 12.3 Å². The van der Waals surface area contributed by atoms with E-state index < -0.39 is 36.4 Å². The van der Waals surface area contributed by atoms with Gasteiger partial charge in [-0.2, -0.15) is 0 Å². The van der Waals surface area contributed by atoms with Gasteiger partial charge in [0.2, 0.25) is 0 Å². The molecule has 18 heavy (non-hydrogen) atoms. The molecule has 0 aliphatic heterocycles. The molecule has 6 atom stereocenters. The quantitative estimate of drug-likeness (QED) is 0.821. The Morgan fingerprint density at radius 3 is 1.33 bits per heavy atom. The minimum Gasteiger partial charge on any atom is -0.390 e. The molecule has 0 bridgehead atoms. The van der Waals surface area contributed by atoms with Gasteiger partial charge in [0, 0.05) is 11.8 Å². The van der Waals surface area contributed by atoms with Crippen molar-refractivity contribution < 1.29 is 19.0 Å². The summed E-state index contributed by atoms with van der Waals surface area (Å²) in [5.74, 6) is -1.02. The smallest absolute Gasteiger partial charge is 0.105 e. The van der Waals surface area contributed by atoms with E-state index in [2.05, 4.69) is 0 Å². The molecule has 2 saturated carbocycles. The zero-order chi connectivity index (χ0) is 13.1. The molecule has 2 aliphatic carbocycles. The topological polar surface area (TPSA) is 40.5 Å². The van der Waals surface area contributed by atoms with Crippen LogP contribution in [0.5, 0.6) is 0 Å². The van der Waals surface area contributed by atoms with Gasteiger partial charge in [-0.3, -0.25) is 0 Å². The van der Waals surface area contributed by atoms with E-state index in [1.165, 1.54) is 0 Å². The summed E-state index contributed by atoms with van der Waals surface area (Å²) in [7, 11) is 0. The van der Waals surface area contributed by atoms with E-state index in [-0.39, 0.29) is 0 Å². The lowest BCUT2D eigenvalue weighted by molar-refractivity contribution is -0.0944. The first-order valence-electron chi connectivity index (χ1n) is 7.25. The average molecular weight is 262 g/mol. The maximum Gasteiger partial charge on any atom is 0.105 e. The lowest BCUT2D eigenvalue weighted by atomic mass is 9.75. The number of hydrogen-bond acceptors (Lipinski definition) is 2. The van der Waals surface area contributed by atoms with E-state index >= 15 is 0 Å². The maximum absolute atomic E-state index is 13.8. The van der Waals surface area contributed by atoms with Gasteiger partial charge in [-0.1, -0.05) is 25.7 Å². The molecule has 2 N–H and O–H groups in total. The first kappa shape index (κ1) is 14.2. The molecule has 2 aliphatic rings. The first-order chi connectivity index (χ1) is 8.61. The highest BCUT2D eigenvalue weighted by Crippen LogP contribution is 2.36. The van der Waals surface area contributed by atoms with Crippen LogP contribution in [0.2, 0.25) is 0 Å². The van der Waals surface area contributed by atoms with Crippen LogP contribution in [0.4, 0.5) is 8.78 Å². The lowest BCUT2D eigenvalue weighted by Crippen LogP contribution is -2.46. The number of aliphatic hydroxyl groups is 2. The van der Waals surface area contributed by atoms with Gasteiger partial charge in [-0.25, -0.2) is 8.78 Å². The van der Waals surface area contributed by atoms with Crippen LogP contribution in [0.1, 0.15) is 51.4 Å². The van der Waals surface area contributed by atoms with Gasteiger partial charge in [-0.15, -0.1) is 0 Å². The monoisotopic (exact) mass is 262 g/mol. The fraction of sp³-hybridized carbons (Fsp3) is 1.00. The molecule has 2 fully saturated rings. The lowest BCUT2D eigenvalue weighted by Gasteiger charge is -2.37. The molecule has 106 valence electrons. The number of aliphatic hydroxyl groups excluding tert-OH is 2. The van der Waals surface area contributed by atoms with Crippen molar-refractivity contribution in [2.75, 3.05) is 0 Å².